The van der Waals surface area contributed by atoms with Crippen LogP contribution in [0.2, 0.25) is 0 Å². The average Bonchev–Trinajstić information content (AvgIpc) is 2.46. The van der Waals surface area contributed by atoms with Gasteiger partial charge < -0.3 is 10.6 Å². The van der Waals surface area contributed by atoms with Gasteiger partial charge >= 0.3 is 0 Å². The molecule has 2 heterocycles. The van der Waals surface area contributed by atoms with Crippen LogP contribution >= 0.6 is 11.8 Å². The van der Waals surface area contributed by atoms with Gasteiger partial charge in [-0.3, -0.25) is 9.78 Å². The summed E-state index contributed by atoms with van der Waals surface area (Å²) >= 11 is 2.00. The molecule has 0 radical (unpaired) electrons. The Bertz CT molecular complexity index is 405. The molecule has 0 unspecified atom stereocenters. The molecule has 1 aromatic rings. The van der Waals surface area contributed by atoms with Gasteiger partial charge in [-0.05, 0) is 42.4 Å². The van der Waals surface area contributed by atoms with Crippen molar-refractivity contribution in [3.63, 3.8) is 0 Å². The molecule has 0 saturated carbocycles. The summed E-state index contributed by atoms with van der Waals surface area (Å²) in [5, 5.41) is 5.99. The van der Waals surface area contributed by atoms with E-state index in [4.69, 9.17) is 0 Å². The molecule has 1 amide bonds. The SMILES string of the molecule is CNc1ccnc(C(=O)NCC2CCSCC2)c1. The third-order valence-corrected chi connectivity index (χ3v) is 4.22. The number of rotatable bonds is 4. The van der Waals surface area contributed by atoms with Crippen LogP contribution < -0.4 is 10.6 Å². The van der Waals surface area contributed by atoms with E-state index in [0.29, 0.717) is 11.6 Å². The van der Waals surface area contributed by atoms with E-state index in [2.05, 4.69) is 15.6 Å². The number of aromatic nitrogens is 1. The van der Waals surface area contributed by atoms with Crippen LogP contribution in [0.1, 0.15) is 23.3 Å². The molecule has 2 N–H and O–H groups in total. The Hall–Kier alpha value is -1.23. The van der Waals surface area contributed by atoms with Gasteiger partial charge in [0.1, 0.15) is 5.69 Å². The van der Waals surface area contributed by atoms with E-state index in [1.54, 1.807) is 12.3 Å². The third-order valence-electron chi connectivity index (χ3n) is 3.17. The highest BCUT2D eigenvalue weighted by Crippen LogP contribution is 2.21. The fourth-order valence-electron chi connectivity index (χ4n) is 1.99. The van der Waals surface area contributed by atoms with Gasteiger partial charge in [-0.2, -0.15) is 11.8 Å². The molecule has 5 heteroatoms. The first kappa shape index (κ1) is 13.2. The van der Waals surface area contributed by atoms with E-state index in [-0.39, 0.29) is 5.91 Å². The number of anilines is 1. The zero-order valence-corrected chi connectivity index (χ0v) is 11.4. The molecule has 0 aromatic carbocycles. The first-order valence-corrected chi connectivity index (χ1v) is 7.45. The van der Waals surface area contributed by atoms with Crippen molar-refractivity contribution < 1.29 is 4.79 Å². The van der Waals surface area contributed by atoms with Gasteiger partial charge in [0.15, 0.2) is 0 Å². The fourth-order valence-corrected chi connectivity index (χ4v) is 3.19. The molecule has 2 rings (SSSR count). The van der Waals surface area contributed by atoms with Crippen LogP contribution in [0.5, 0.6) is 0 Å². The van der Waals surface area contributed by atoms with Crippen LogP contribution in [0.25, 0.3) is 0 Å². The number of carbonyl (C=O) groups is 1. The smallest absolute Gasteiger partial charge is 0.269 e. The van der Waals surface area contributed by atoms with E-state index in [9.17, 15) is 4.79 Å². The molecule has 1 saturated heterocycles. The highest BCUT2D eigenvalue weighted by molar-refractivity contribution is 7.99. The lowest BCUT2D eigenvalue weighted by Gasteiger charge is -2.21. The minimum atomic E-state index is -0.0784. The van der Waals surface area contributed by atoms with Crippen molar-refractivity contribution in [1.29, 1.82) is 0 Å². The predicted molar refractivity (Wildman–Crippen MR) is 76.2 cm³/mol. The molecule has 0 bridgehead atoms. The maximum atomic E-state index is 11.9. The molecule has 1 fully saturated rings. The minimum Gasteiger partial charge on any atom is -0.388 e. The Kier molecular flexibility index (Phi) is 4.87. The molecule has 1 aliphatic rings. The summed E-state index contributed by atoms with van der Waals surface area (Å²) in [4.78, 5) is 16.0. The van der Waals surface area contributed by atoms with Gasteiger partial charge in [0.25, 0.3) is 5.91 Å². The van der Waals surface area contributed by atoms with Crippen molar-refractivity contribution in [2.45, 2.75) is 12.8 Å². The summed E-state index contributed by atoms with van der Waals surface area (Å²) < 4.78 is 0. The van der Waals surface area contributed by atoms with E-state index in [1.165, 1.54) is 24.3 Å². The second kappa shape index (κ2) is 6.64. The summed E-state index contributed by atoms with van der Waals surface area (Å²) in [6.45, 7) is 0.769. The Morgan fingerprint density at radius 1 is 1.50 bits per heavy atom. The van der Waals surface area contributed by atoms with Gasteiger partial charge in [-0.1, -0.05) is 0 Å². The zero-order chi connectivity index (χ0) is 12.8. The lowest BCUT2D eigenvalue weighted by atomic mass is 10.0. The van der Waals surface area contributed by atoms with Crippen molar-refractivity contribution in [2.24, 2.45) is 5.92 Å². The lowest BCUT2D eigenvalue weighted by molar-refractivity contribution is 0.0941. The number of amides is 1. The molecule has 1 aromatic heterocycles. The van der Waals surface area contributed by atoms with Crippen LogP contribution in [0.15, 0.2) is 18.3 Å². The molecule has 0 atom stereocenters. The van der Waals surface area contributed by atoms with E-state index in [1.807, 2.05) is 24.9 Å². The summed E-state index contributed by atoms with van der Waals surface area (Å²) in [7, 11) is 1.83. The van der Waals surface area contributed by atoms with Crippen LogP contribution in [-0.4, -0.2) is 36.0 Å². The second-order valence-corrected chi connectivity index (χ2v) is 5.67. The topological polar surface area (TPSA) is 54.0 Å². The van der Waals surface area contributed by atoms with Gasteiger partial charge in [-0.25, -0.2) is 0 Å². The molecular weight excluding hydrogens is 246 g/mol. The minimum absolute atomic E-state index is 0.0784. The number of hydrogen-bond donors (Lipinski definition) is 2. The van der Waals surface area contributed by atoms with Crippen LogP contribution in [0, 0.1) is 5.92 Å². The maximum Gasteiger partial charge on any atom is 0.269 e. The van der Waals surface area contributed by atoms with E-state index in [0.717, 1.165) is 12.2 Å². The number of nitrogens with one attached hydrogen (secondary N) is 2. The standard InChI is InChI=1S/C13H19N3OS/c1-14-11-2-5-15-12(8-11)13(17)16-9-10-3-6-18-7-4-10/h2,5,8,10H,3-4,6-7,9H2,1H3,(H,14,15)(H,16,17). The number of hydrogen-bond acceptors (Lipinski definition) is 4. The molecule has 4 nitrogen and oxygen atoms in total. The lowest BCUT2D eigenvalue weighted by Crippen LogP contribution is -2.31. The van der Waals surface area contributed by atoms with Crippen LogP contribution in [-0.2, 0) is 0 Å². The first-order valence-electron chi connectivity index (χ1n) is 6.29. The van der Waals surface area contributed by atoms with Gasteiger partial charge in [0.05, 0.1) is 0 Å². The molecule has 1 aliphatic heterocycles. The van der Waals surface area contributed by atoms with E-state index < -0.39 is 0 Å². The van der Waals surface area contributed by atoms with E-state index >= 15 is 0 Å². The predicted octanol–water partition coefficient (Wildman–Crippen LogP) is 2.00. The summed E-state index contributed by atoms with van der Waals surface area (Å²) in [6.07, 6.45) is 4.06. The average molecular weight is 265 g/mol. The second-order valence-electron chi connectivity index (χ2n) is 4.45. The number of pyridine rings is 1. The monoisotopic (exact) mass is 265 g/mol. The van der Waals surface area contributed by atoms with Crippen molar-refractivity contribution in [1.82, 2.24) is 10.3 Å². The van der Waals surface area contributed by atoms with Gasteiger partial charge in [-0.15, -0.1) is 0 Å². The molecule has 98 valence electrons. The van der Waals surface area contributed by atoms with Crippen molar-refractivity contribution >= 4 is 23.4 Å². The van der Waals surface area contributed by atoms with Crippen molar-refractivity contribution in [3.05, 3.63) is 24.0 Å². The molecule has 18 heavy (non-hydrogen) atoms. The summed E-state index contributed by atoms with van der Waals surface area (Å²) in [5.74, 6) is 2.98. The molecular formula is C13H19N3OS. The quantitative estimate of drug-likeness (QED) is 0.874. The fraction of sp³-hybridized carbons (Fsp3) is 0.538. The summed E-state index contributed by atoms with van der Waals surface area (Å²) in [5.41, 5.74) is 1.39. The molecule has 0 aliphatic carbocycles. The first-order chi connectivity index (χ1) is 8.79. The highest BCUT2D eigenvalue weighted by Gasteiger charge is 2.15. The largest absolute Gasteiger partial charge is 0.388 e. The maximum absolute atomic E-state index is 11.9. The number of thioether (sulfide) groups is 1. The highest BCUT2D eigenvalue weighted by atomic mass is 32.2. The third kappa shape index (κ3) is 3.63. The van der Waals surface area contributed by atoms with Crippen molar-refractivity contribution in [3.8, 4) is 0 Å². The van der Waals surface area contributed by atoms with Crippen LogP contribution in [0.4, 0.5) is 5.69 Å². The number of nitrogens with zero attached hydrogens (tertiary/aromatic N) is 1. The summed E-state index contributed by atoms with van der Waals surface area (Å²) in [6, 6.07) is 3.61. The zero-order valence-electron chi connectivity index (χ0n) is 10.6. The molecule has 0 spiro atoms. The Balaban J connectivity index is 1.86. The number of carbonyl (C=O) groups excluding carboxylic acids is 1. The van der Waals surface area contributed by atoms with Gasteiger partial charge in [0, 0.05) is 25.5 Å². The Labute approximate surface area is 112 Å². The Morgan fingerprint density at radius 2 is 2.28 bits per heavy atom. The Morgan fingerprint density at radius 3 is 3.00 bits per heavy atom. The van der Waals surface area contributed by atoms with Crippen LogP contribution in [0.3, 0.4) is 0 Å². The van der Waals surface area contributed by atoms with Crippen molar-refractivity contribution in [2.75, 3.05) is 30.4 Å². The van der Waals surface area contributed by atoms with Gasteiger partial charge in [0.2, 0.25) is 0 Å². The normalized spacial score (nSPS) is 16.3.